The van der Waals surface area contributed by atoms with Crippen LogP contribution in [0.5, 0.6) is 0 Å². The SMILES string of the molecule is CN=C(NCCCOC1CCOC1)NCC(C)(C)SC. The van der Waals surface area contributed by atoms with E-state index in [4.69, 9.17) is 9.47 Å². The van der Waals surface area contributed by atoms with E-state index in [0.29, 0.717) is 6.10 Å². The Bertz CT molecular complexity index is 292. The van der Waals surface area contributed by atoms with E-state index >= 15 is 0 Å². The van der Waals surface area contributed by atoms with E-state index in [0.717, 1.165) is 51.7 Å². The Hall–Kier alpha value is -0.460. The number of nitrogens with one attached hydrogen (secondary N) is 2. The molecule has 0 saturated carbocycles. The number of rotatable bonds is 8. The van der Waals surface area contributed by atoms with Gasteiger partial charge in [-0.15, -0.1) is 0 Å². The van der Waals surface area contributed by atoms with Crippen molar-refractivity contribution >= 4 is 17.7 Å². The van der Waals surface area contributed by atoms with E-state index in [9.17, 15) is 0 Å². The first-order valence-corrected chi connectivity index (χ1v) is 8.49. The highest BCUT2D eigenvalue weighted by Crippen LogP contribution is 2.19. The third-order valence-electron chi connectivity index (χ3n) is 3.31. The first-order chi connectivity index (χ1) is 9.57. The van der Waals surface area contributed by atoms with Gasteiger partial charge in [-0.25, -0.2) is 0 Å². The predicted octanol–water partition coefficient (Wildman–Crippen LogP) is 1.49. The predicted molar refractivity (Wildman–Crippen MR) is 86.8 cm³/mol. The summed E-state index contributed by atoms with van der Waals surface area (Å²) in [5.41, 5.74) is 0. The molecule has 0 aliphatic carbocycles. The van der Waals surface area contributed by atoms with Crippen LogP contribution >= 0.6 is 11.8 Å². The summed E-state index contributed by atoms with van der Waals surface area (Å²) in [4.78, 5) is 4.22. The molecule has 5 nitrogen and oxygen atoms in total. The number of ether oxygens (including phenoxy) is 2. The molecule has 0 aromatic heterocycles. The van der Waals surface area contributed by atoms with Gasteiger partial charge in [-0.3, -0.25) is 4.99 Å². The first-order valence-electron chi connectivity index (χ1n) is 7.26. The lowest BCUT2D eigenvalue weighted by atomic mass is 10.2. The number of aliphatic imine (C=N–C) groups is 1. The Labute approximate surface area is 127 Å². The Balaban J connectivity index is 2.06. The molecular formula is C14H29N3O2S. The summed E-state index contributed by atoms with van der Waals surface area (Å²) in [7, 11) is 1.80. The minimum Gasteiger partial charge on any atom is -0.379 e. The Morgan fingerprint density at radius 2 is 2.25 bits per heavy atom. The third-order valence-corrected chi connectivity index (χ3v) is 4.56. The van der Waals surface area contributed by atoms with Gasteiger partial charge in [0.1, 0.15) is 0 Å². The summed E-state index contributed by atoms with van der Waals surface area (Å²) in [6.07, 6.45) is 4.43. The fourth-order valence-corrected chi connectivity index (χ4v) is 1.98. The Morgan fingerprint density at radius 1 is 1.45 bits per heavy atom. The summed E-state index contributed by atoms with van der Waals surface area (Å²) in [5.74, 6) is 0.858. The van der Waals surface area contributed by atoms with Crippen LogP contribution in [0.25, 0.3) is 0 Å². The van der Waals surface area contributed by atoms with E-state index in [2.05, 4.69) is 35.7 Å². The molecule has 0 aromatic rings. The van der Waals surface area contributed by atoms with E-state index in [1.54, 1.807) is 7.05 Å². The maximum Gasteiger partial charge on any atom is 0.191 e. The number of nitrogens with zero attached hydrogens (tertiary/aromatic N) is 1. The summed E-state index contributed by atoms with van der Waals surface area (Å²) in [6.45, 7) is 8.56. The van der Waals surface area contributed by atoms with E-state index in [-0.39, 0.29) is 4.75 Å². The second-order valence-electron chi connectivity index (χ2n) is 5.53. The third kappa shape index (κ3) is 7.36. The molecule has 1 atom stereocenters. The minimum atomic E-state index is 0.212. The largest absolute Gasteiger partial charge is 0.379 e. The average molecular weight is 303 g/mol. The van der Waals surface area contributed by atoms with Crippen LogP contribution in [0.4, 0.5) is 0 Å². The van der Waals surface area contributed by atoms with Crippen LogP contribution in [0, 0.1) is 0 Å². The average Bonchev–Trinajstić information content (AvgIpc) is 2.95. The smallest absolute Gasteiger partial charge is 0.191 e. The van der Waals surface area contributed by atoms with Crippen molar-refractivity contribution in [1.29, 1.82) is 0 Å². The molecule has 0 amide bonds. The van der Waals surface area contributed by atoms with E-state index in [1.807, 2.05) is 11.8 Å². The fraction of sp³-hybridized carbons (Fsp3) is 0.929. The molecule has 1 aliphatic rings. The molecule has 0 radical (unpaired) electrons. The highest BCUT2D eigenvalue weighted by Gasteiger charge is 2.16. The highest BCUT2D eigenvalue weighted by atomic mass is 32.2. The molecule has 6 heteroatoms. The van der Waals surface area contributed by atoms with Crippen molar-refractivity contribution in [3.8, 4) is 0 Å². The first kappa shape index (κ1) is 17.6. The molecule has 0 bridgehead atoms. The maximum absolute atomic E-state index is 5.72. The summed E-state index contributed by atoms with van der Waals surface area (Å²) < 4.78 is 11.2. The van der Waals surface area contributed by atoms with E-state index < -0.39 is 0 Å². The molecule has 20 heavy (non-hydrogen) atoms. The molecular weight excluding hydrogens is 274 g/mol. The highest BCUT2D eigenvalue weighted by molar-refractivity contribution is 7.99. The molecule has 1 aliphatic heterocycles. The Morgan fingerprint density at radius 3 is 2.85 bits per heavy atom. The number of thioether (sulfide) groups is 1. The van der Waals surface area contributed by atoms with Gasteiger partial charge in [-0.1, -0.05) is 0 Å². The van der Waals surface area contributed by atoms with Crippen molar-refractivity contribution in [2.24, 2.45) is 4.99 Å². The number of guanidine groups is 1. The zero-order valence-electron chi connectivity index (χ0n) is 13.2. The van der Waals surface area contributed by atoms with Crippen LogP contribution < -0.4 is 10.6 Å². The Kier molecular flexibility index (Phi) is 8.33. The fourth-order valence-electron chi connectivity index (χ4n) is 1.76. The van der Waals surface area contributed by atoms with Crippen LogP contribution in [0.1, 0.15) is 26.7 Å². The standard InChI is InChI=1S/C14H29N3O2S/c1-14(2,20-4)11-17-13(15-3)16-7-5-8-19-12-6-9-18-10-12/h12H,5-11H2,1-4H3,(H2,15,16,17). The maximum atomic E-state index is 5.72. The summed E-state index contributed by atoms with van der Waals surface area (Å²) >= 11 is 1.85. The van der Waals surface area contributed by atoms with Gasteiger partial charge in [-0.05, 0) is 32.9 Å². The molecule has 118 valence electrons. The van der Waals surface area contributed by atoms with Crippen molar-refractivity contribution in [3.05, 3.63) is 0 Å². The van der Waals surface area contributed by atoms with E-state index in [1.165, 1.54) is 0 Å². The monoisotopic (exact) mass is 303 g/mol. The van der Waals surface area contributed by atoms with Crippen molar-refractivity contribution in [2.45, 2.75) is 37.5 Å². The lowest BCUT2D eigenvalue weighted by Gasteiger charge is -2.23. The summed E-state index contributed by atoms with van der Waals surface area (Å²) in [5, 5.41) is 6.66. The van der Waals surface area contributed by atoms with Gasteiger partial charge < -0.3 is 20.1 Å². The van der Waals surface area contributed by atoms with Gasteiger partial charge >= 0.3 is 0 Å². The van der Waals surface area contributed by atoms with Gasteiger partial charge in [0, 0.05) is 38.1 Å². The molecule has 1 unspecified atom stereocenters. The van der Waals surface area contributed by atoms with Crippen molar-refractivity contribution in [1.82, 2.24) is 10.6 Å². The zero-order valence-corrected chi connectivity index (χ0v) is 14.0. The lowest BCUT2D eigenvalue weighted by Crippen LogP contribution is -2.43. The minimum absolute atomic E-state index is 0.212. The zero-order chi connectivity index (χ0) is 14.8. The second kappa shape index (κ2) is 9.47. The van der Waals surface area contributed by atoms with Crippen LogP contribution in [0.2, 0.25) is 0 Å². The van der Waals surface area contributed by atoms with Gasteiger partial charge in [0.25, 0.3) is 0 Å². The molecule has 2 N–H and O–H groups in total. The molecule has 0 aromatic carbocycles. The van der Waals surface area contributed by atoms with Crippen LogP contribution in [-0.2, 0) is 9.47 Å². The normalized spacial score (nSPS) is 20.2. The molecule has 1 fully saturated rings. The molecule has 1 heterocycles. The van der Waals surface area contributed by atoms with Crippen molar-refractivity contribution in [3.63, 3.8) is 0 Å². The second-order valence-corrected chi connectivity index (χ2v) is 7.04. The topological polar surface area (TPSA) is 54.9 Å². The number of hydrogen-bond acceptors (Lipinski definition) is 4. The molecule has 1 saturated heterocycles. The van der Waals surface area contributed by atoms with Gasteiger partial charge in [-0.2, -0.15) is 11.8 Å². The molecule has 1 rings (SSSR count). The molecule has 0 spiro atoms. The lowest BCUT2D eigenvalue weighted by molar-refractivity contribution is 0.0420. The van der Waals surface area contributed by atoms with Crippen molar-refractivity contribution < 1.29 is 9.47 Å². The van der Waals surface area contributed by atoms with Crippen LogP contribution in [0.3, 0.4) is 0 Å². The van der Waals surface area contributed by atoms with Crippen LogP contribution in [0.15, 0.2) is 4.99 Å². The quantitative estimate of drug-likeness (QED) is 0.404. The van der Waals surface area contributed by atoms with Gasteiger partial charge in [0.15, 0.2) is 5.96 Å². The summed E-state index contributed by atoms with van der Waals surface area (Å²) in [6, 6.07) is 0. The van der Waals surface area contributed by atoms with Crippen molar-refractivity contribution in [2.75, 3.05) is 46.2 Å². The van der Waals surface area contributed by atoms with Gasteiger partial charge in [0.05, 0.1) is 12.7 Å². The number of hydrogen-bond donors (Lipinski definition) is 2. The van der Waals surface area contributed by atoms with Gasteiger partial charge in [0.2, 0.25) is 0 Å². The van der Waals surface area contributed by atoms with Crippen LogP contribution in [-0.4, -0.2) is 63.0 Å².